The summed E-state index contributed by atoms with van der Waals surface area (Å²) in [7, 11) is 0. The number of benzene rings is 1. The fourth-order valence-electron chi connectivity index (χ4n) is 1.12. The third-order valence-corrected chi connectivity index (χ3v) is 2.99. The minimum atomic E-state index is -0.226. The molecule has 1 aromatic rings. The SMILES string of the molecule is CCNC(C#N)CSc1ccccc1F. The summed E-state index contributed by atoms with van der Waals surface area (Å²) in [4.78, 5) is 0.593. The maximum Gasteiger partial charge on any atom is 0.136 e. The molecule has 80 valence electrons. The first-order valence-corrected chi connectivity index (χ1v) is 5.76. The normalized spacial score (nSPS) is 12.1. The van der Waals surface area contributed by atoms with Crippen molar-refractivity contribution in [2.75, 3.05) is 12.3 Å². The second-order valence-corrected chi connectivity index (χ2v) is 4.04. The first-order valence-electron chi connectivity index (χ1n) is 4.78. The lowest BCUT2D eigenvalue weighted by molar-refractivity contribution is 0.601. The van der Waals surface area contributed by atoms with Gasteiger partial charge < -0.3 is 5.32 Å². The van der Waals surface area contributed by atoms with E-state index in [1.54, 1.807) is 18.2 Å². The van der Waals surface area contributed by atoms with Crippen molar-refractivity contribution in [3.8, 4) is 6.07 Å². The molecule has 0 bridgehead atoms. The zero-order valence-corrected chi connectivity index (χ0v) is 9.35. The van der Waals surface area contributed by atoms with Gasteiger partial charge in [0.05, 0.1) is 6.07 Å². The van der Waals surface area contributed by atoms with Gasteiger partial charge in [-0.15, -0.1) is 11.8 Å². The van der Waals surface area contributed by atoms with Gasteiger partial charge in [-0.25, -0.2) is 4.39 Å². The number of hydrogen-bond acceptors (Lipinski definition) is 3. The summed E-state index contributed by atoms with van der Waals surface area (Å²) in [5, 5.41) is 11.8. The van der Waals surface area contributed by atoms with Gasteiger partial charge in [-0.3, -0.25) is 0 Å². The highest BCUT2D eigenvalue weighted by Crippen LogP contribution is 2.21. The average Bonchev–Trinajstić information content (AvgIpc) is 2.26. The lowest BCUT2D eigenvalue weighted by Crippen LogP contribution is -2.29. The third kappa shape index (κ3) is 3.90. The molecule has 0 saturated carbocycles. The Morgan fingerprint density at radius 3 is 2.87 bits per heavy atom. The average molecular weight is 224 g/mol. The van der Waals surface area contributed by atoms with Crippen LogP contribution in [0.1, 0.15) is 6.92 Å². The van der Waals surface area contributed by atoms with Crippen LogP contribution in [-0.4, -0.2) is 18.3 Å². The Morgan fingerprint density at radius 1 is 1.53 bits per heavy atom. The van der Waals surface area contributed by atoms with E-state index >= 15 is 0 Å². The van der Waals surface area contributed by atoms with Gasteiger partial charge in [0.25, 0.3) is 0 Å². The van der Waals surface area contributed by atoms with Crippen LogP contribution in [0, 0.1) is 17.1 Å². The molecular formula is C11H13FN2S. The largest absolute Gasteiger partial charge is 0.302 e. The quantitative estimate of drug-likeness (QED) is 0.780. The number of halogens is 1. The van der Waals surface area contributed by atoms with Crippen LogP contribution < -0.4 is 5.32 Å². The fourth-order valence-corrected chi connectivity index (χ4v) is 2.04. The number of thioether (sulfide) groups is 1. The van der Waals surface area contributed by atoms with E-state index in [0.29, 0.717) is 10.6 Å². The van der Waals surface area contributed by atoms with Crippen LogP contribution in [0.15, 0.2) is 29.2 Å². The predicted molar refractivity (Wildman–Crippen MR) is 60.2 cm³/mol. The molecule has 0 spiro atoms. The maximum absolute atomic E-state index is 13.2. The summed E-state index contributed by atoms with van der Waals surface area (Å²) in [5.74, 6) is 0.335. The minimum absolute atomic E-state index is 0.223. The molecule has 0 saturated heterocycles. The van der Waals surface area contributed by atoms with E-state index in [1.807, 2.05) is 6.92 Å². The Bertz CT molecular complexity index is 349. The topological polar surface area (TPSA) is 35.8 Å². The summed E-state index contributed by atoms with van der Waals surface area (Å²) in [6, 6.07) is 8.52. The van der Waals surface area contributed by atoms with E-state index in [0.717, 1.165) is 6.54 Å². The molecular weight excluding hydrogens is 211 g/mol. The van der Waals surface area contributed by atoms with E-state index in [2.05, 4.69) is 11.4 Å². The van der Waals surface area contributed by atoms with Crippen LogP contribution in [-0.2, 0) is 0 Å². The van der Waals surface area contributed by atoms with Crippen molar-refractivity contribution >= 4 is 11.8 Å². The molecule has 0 aromatic heterocycles. The summed E-state index contributed by atoms with van der Waals surface area (Å²) < 4.78 is 13.2. The molecule has 0 fully saturated rings. The van der Waals surface area contributed by atoms with Gasteiger partial charge in [0.15, 0.2) is 0 Å². The lowest BCUT2D eigenvalue weighted by atomic mass is 10.3. The standard InChI is InChI=1S/C11H13FN2S/c1-2-14-9(7-13)8-15-11-6-4-3-5-10(11)12/h3-6,9,14H,2,8H2,1H3. The molecule has 0 amide bonds. The Balaban J connectivity index is 2.50. The first kappa shape index (κ1) is 12.0. The zero-order chi connectivity index (χ0) is 11.1. The van der Waals surface area contributed by atoms with Gasteiger partial charge in [-0.05, 0) is 18.7 Å². The fraction of sp³-hybridized carbons (Fsp3) is 0.364. The molecule has 2 nitrogen and oxygen atoms in total. The molecule has 15 heavy (non-hydrogen) atoms. The summed E-state index contributed by atoms with van der Waals surface area (Å²) >= 11 is 1.36. The summed E-state index contributed by atoms with van der Waals surface area (Å²) in [6.45, 7) is 2.69. The van der Waals surface area contributed by atoms with Crippen LogP contribution in [0.25, 0.3) is 0 Å². The van der Waals surface area contributed by atoms with Gasteiger partial charge in [-0.1, -0.05) is 19.1 Å². The molecule has 1 N–H and O–H groups in total. The van der Waals surface area contributed by atoms with Crippen molar-refractivity contribution in [1.82, 2.24) is 5.32 Å². The molecule has 0 radical (unpaired) electrons. The predicted octanol–water partition coefficient (Wildman–Crippen LogP) is 2.42. The smallest absolute Gasteiger partial charge is 0.136 e. The molecule has 1 rings (SSSR count). The highest BCUT2D eigenvalue weighted by Gasteiger charge is 2.07. The van der Waals surface area contributed by atoms with E-state index < -0.39 is 0 Å². The second kappa shape index (κ2) is 6.44. The van der Waals surface area contributed by atoms with Crippen LogP contribution in [0.5, 0.6) is 0 Å². The van der Waals surface area contributed by atoms with Crippen molar-refractivity contribution in [2.24, 2.45) is 0 Å². The first-order chi connectivity index (χ1) is 7.27. The highest BCUT2D eigenvalue weighted by atomic mass is 32.2. The van der Waals surface area contributed by atoms with Gasteiger partial charge in [0.1, 0.15) is 11.9 Å². The Kier molecular flexibility index (Phi) is 5.16. The van der Waals surface area contributed by atoms with E-state index in [9.17, 15) is 4.39 Å². The van der Waals surface area contributed by atoms with Crippen LogP contribution in [0.3, 0.4) is 0 Å². The molecule has 0 aliphatic carbocycles. The number of hydrogen-bond donors (Lipinski definition) is 1. The summed E-state index contributed by atoms with van der Waals surface area (Å²) in [6.07, 6.45) is 0. The maximum atomic E-state index is 13.2. The Labute approximate surface area is 93.5 Å². The molecule has 1 atom stereocenters. The van der Waals surface area contributed by atoms with E-state index in [4.69, 9.17) is 5.26 Å². The van der Waals surface area contributed by atoms with Crippen molar-refractivity contribution < 1.29 is 4.39 Å². The van der Waals surface area contributed by atoms with Crippen molar-refractivity contribution in [1.29, 1.82) is 5.26 Å². The van der Waals surface area contributed by atoms with Gasteiger partial charge in [0.2, 0.25) is 0 Å². The summed E-state index contributed by atoms with van der Waals surface area (Å²) in [5.41, 5.74) is 0. The van der Waals surface area contributed by atoms with E-state index in [1.165, 1.54) is 17.8 Å². The molecule has 0 aliphatic rings. The van der Waals surface area contributed by atoms with Crippen molar-refractivity contribution in [3.05, 3.63) is 30.1 Å². The van der Waals surface area contributed by atoms with E-state index in [-0.39, 0.29) is 11.9 Å². The lowest BCUT2D eigenvalue weighted by Gasteiger charge is -2.09. The van der Waals surface area contributed by atoms with Crippen molar-refractivity contribution in [3.63, 3.8) is 0 Å². The molecule has 0 aliphatic heterocycles. The Morgan fingerprint density at radius 2 is 2.27 bits per heavy atom. The van der Waals surface area contributed by atoms with Gasteiger partial charge in [0, 0.05) is 10.6 Å². The number of nitrogens with zero attached hydrogens (tertiary/aromatic N) is 1. The monoisotopic (exact) mass is 224 g/mol. The minimum Gasteiger partial charge on any atom is -0.302 e. The highest BCUT2D eigenvalue weighted by molar-refractivity contribution is 7.99. The molecule has 4 heteroatoms. The van der Waals surface area contributed by atoms with Crippen LogP contribution in [0.2, 0.25) is 0 Å². The third-order valence-electron chi connectivity index (χ3n) is 1.85. The number of rotatable bonds is 5. The number of nitrogens with one attached hydrogen (secondary N) is 1. The Hall–Kier alpha value is -1.05. The zero-order valence-electron chi connectivity index (χ0n) is 8.53. The van der Waals surface area contributed by atoms with Crippen LogP contribution >= 0.6 is 11.8 Å². The number of nitriles is 1. The molecule has 1 unspecified atom stereocenters. The van der Waals surface area contributed by atoms with Crippen molar-refractivity contribution in [2.45, 2.75) is 17.9 Å². The van der Waals surface area contributed by atoms with Gasteiger partial charge in [-0.2, -0.15) is 5.26 Å². The molecule has 0 heterocycles. The van der Waals surface area contributed by atoms with Crippen LogP contribution in [0.4, 0.5) is 4.39 Å². The second-order valence-electron chi connectivity index (χ2n) is 2.98. The van der Waals surface area contributed by atoms with Gasteiger partial charge >= 0.3 is 0 Å². The molecule has 1 aromatic carbocycles.